The molecular formula is C25H26N2O5. The van der Waals surface area contributed by atoms with Crippen LogP contribution in [0.1, 0.15) is 27.6 Å². The quantitative estimate of drug-likeness (QED) is 0.479. The van der Waals surface area contributed by atoms with Crippen LogP contribution in [0.15, 0.2) is 72.8 Å². The Morgan fingerprint density at radius 1 is 1.09 bits per heavy atom. The Balaban J connectivity index is 1.32. The van der Waals surface area contributed by atoms with Gasteiger partial charge in [-0.2, -0.15) is 0 Å². The van der Waals surface area contributed by atoms with Crippen LogP contribution in [-0.4, -0.2) is 36.8 Å². The van der Waals surface area contributed by atoms with Crippen LogP contribution in [0.2, 0.25) is 0 Å². The number of carbonyl (C=O) groups excluding carboxylic acids is 1. The Kier molecular flexibility index (Phi) is 6.89. The minimum atomic E-state index is -0.826. The summed E-state index contributed by atoms with van der Waals surface area (Å²) in [5, 5.41) is 13.8. The number of nitrogens with one attached hydrogen (secondary N) is 1. The van der Waals surface area contributed by atoms with Crippen LogP contribution >= 0.6 is 0 Å². The van der Waals surface area contributed by atoms with E-state index in [1.54, 1.807) is 18.2 Å². The molecule has 4 N–H and O–H groups in total. The van der Waals surface area contributed by atoms with Crippen LogP contribution in [0.3, 0.4) is 0 Å². The molecule has 0 fully saturated rings. The van der Waals surface area contributed by atoms with Crippen molar-refractivity contribution in [2.75, 3.05) is 19.7 Å². The van der Waals surface area contributed by atoms with E-state index in [0.717, 1.165) is 11.3 Å². The molecule has 3 aromatic carbocycles. The summed E-state index contributed by atoms with van der Waals surface area (Å²) in [6.07, 6.45) is -0.986. The molecule has 166 valence electrons. The number of aliphatic hydroxyl groups excluding tert-OH is 1. The Labute approximate surface area is 186 Å². The highest BCUT2D eigenvalue weighted by atomic mass is 16.6. The Bertz CT molecular complexity index is 1060. The molecule has 1 aliphatic heterocycles. The number of benzene rings is 3. The second kappa shape index (κ2) is 10.2. The Morgan fingerprint density at radius 3 is 2.62 bits per heavy atom. The normalized spacial score (nSPS) is 15.7. The number of carbonyl (C=O) groups is 1. The van der Waals surface area contributed by atoms with Crippen LogP contribution < -0.4 is 25.3 Å². The van der Waals surface area contributed by atoms with Crippen molar-refractivity contribution in [1.29, 1.82) is 0 Å². The van der Waals surface area contributed by atoms with Crippen molar-refractivity contribution in [3.63, 3.8) is 0 Å². The van der Waals surface area contributed by atoms with Crippen molar-refractivity contribution < 1.29 is 24.1 Å². The third-order valence-corrected chi connectivity index (χ3v) is 5.17. The number of amides is 1. The maximum atomic E-state index is 11.9. The van der Waals surface area contributed by atoms with E-state index in [2.05, 4.69) is 5.32 Å². The number of para-hydroxylation sites is 2. The molecule has 0 spiro atoms. The molecule has 7 nitrogen and oxygen atoms in total. The summed E-state index contributed by atoms with van der Waals surface area (Å²) in [7, 11) is 0. The van der Waals surface area contributed by atoms with Crippen molar-refractivity contribution in [3.05, 3.63) is 89.5 Å². The molecule has 1 amide bonds. The molecule has 0 radical (unpaired) electrons. The number of hydrogen-bond donors (Lipinski definition) is 3. The number of primary amides is 1. The van der Waals surface area contributed by atoms with Crippen molar-refractivity contribution >= 4 is 5.91 Å². The first-order valence-corrected chi connectivity index (χ1v) is 10.5. The van der Waals surface area contributed by atoms with Gasteiger partial charge in [-0.1, -0.05) is 48.5 Å². The molecule has 0 aromatic heterocycles. The van der Waals surface area contributed by atoms with Crippen LogP contribution in [0.5, 0.6) is 17.2 Å². The summed E-state index contributed by atoms with van der Waals surface area (Å²) in [6, 6.07) is 22.1. The van der Waals surface area contributed by atoms with Crippen LogP contribution in [0.25, 0.3) is 0 Å². The zero-order valence-electron chi connectivity index (χ0n) is 17.6. The smallest absolute Gasteiger partial charge is 0.252 e. The Morgan fingerprint density at radius 2 is 1.84 bits per heavy atom. The van der Waals surface area contributed by atoms with Crippen molar-refractivity contribution in [2.45, 2.75) is 18.8 Å². The molecular weight excluding hydrogens is 408 g/mol. The lowest BCUT2D eigenvalue weighted by atomic mass is 10.0. The van der Waals surface area contributed by atoms with Crippen molar-refractivity contribution in [2.24, 2.45) is 5.73 Å². The van der Waals surface area contributed by atoms with Gasteiger partial charge in [0.15, 0.2) is 11.5 Å². The maximum Gasteiger partial charge on any atom is 0.252 e. The highest BCUT2D eigenvalue weighted by Gasteiger charge is 2.21. The number of hydrogen-bond acceptors (Lipinski definition) is 6. The van der Waals surface area contributed by atoms with Gasteiger partial charge in [0, 0.05) is 13.1 Å². The first kappa shape index (κ1) is 21.7. The number of nitrogens with two attached hydrogens (primary N) is 1. The number of aliphatic hydroxyl groups is 1. The van der Waals surface area contributed by atoms with E-state index in [-0.39, 0.29) is 18.2 Å². The van der Waals surface area contributed by atoms with E-state index in [0.29, 0.717) is 36.8 Å². The van der Waals surface area contributed by atoms with Crippen molar-refractivity contribution in [3.8, 4) is 17.2 Å². The van der Waals surface area contributed by atoms with Crippen LogP contribution in [0.4, 0.5) is 0 Å². The first-order chi connectivity index (χ1) is 15.6. The topological polar surface area (TPSA) is 103 Å². The van der Waals surface area contributed by atoms with Gasteiger partial charge in [-0.3, -0.25) is 4.79 Å². The average Bonchev–Trinajstić information content (AvgIpc) is 2.83. The first-order valence-electron chi connectivity index (χ1n) is 10.5. The van der Waals surface area contributed by atoms with E-state index >= 15 is 0 Å². The lowest BCUT2D eigenvalue weighted by Gasteiger charge is -2.27. The van der Waals surface area contributed by atoms with Gasteiger partial charge in [0.1, 0.15) is 25.1 Å². The summed E-state index contributed by atoms with van der Waals surface area (Å²) in [5.74, 6) is 1.22. The third-order valence-electron chi connectivity index (χ3n) is 5.17. The van der Waals surface area contributed by atoms with E-state index < -0.39 is 12.0 Å². The molecule has 0 aliphatic carbocycles. The van der Waals surface area contributed by atoms with Gasteiger partial charge < -0.3 is 30.4 Å². The Hall–Kier alpha value is -3.55. The summed E-state index contributed by atoms with van der Waals surface area (Å²) >= 11 is 0. The minimum absolute atomic E-state index is 0.160. The van der Waals surface area contributed by atoms with E-state index in [1.165, 1.54) is 0 Å². The third kappa shape index (κ3) is 5.38. The standard InChI is InChI=1S/C25H26N2O5/c26-25(29)20-12-18(10-11-22(20)30-15-17-6-2-1-3-7-17)21(28)14-27-13-19-16-31-23-8-4-5-9-24(23)32-19/h1-12,19,21,27-28H,13-16H2,(H2,26,29)/t19-,21+/m1/s1. The summed E-state index contributed by atoms with van der Waals surface area (Å²) < 4.78 is 17.4. The summed E-state index contributed by atoms with van der Waals surface area (Å²) in [4.78, 5) is 11.9. The lowest BCUT2D eigenvalue weighted by Crippen LogP contribution is -2.39. The molecule has 1 aliphatic rings. The fourth-order valence-electron chi connectivity index (χ4n) is 3.47. The van der Waals surface area contributed by atoms with Gasteiger partial charge in [-0.05, 0) is 35.4 Å². The molecule has 1 heterocycles. The summed E-state index contributed by atoms with van der Waals surface area (Å²) in [6.45, 7) is 1.53. The fourth-order valence-corrected chi connectivity index (χ4v) is 3.47. The number of rotatable bonds is 9. The van der Waals surface area contributed by atoms with E-state index in [9.17, 15) is 9.90 Å². The second-order valence-electron chi connectivity index (χ2n) is 7.57. The molecule has 3 aromatic rings. The second-order valence-corrected chi connectivity index (χ2v) is 7.57. The van der Waals surface area contributed by atoms with Gasteiger partial charge in [-0.15, -0.1) is 0 Å². The average molecular weight is 434 g/mol. The minimum Gasteiger partial charge on any atom is -0.488 e. The van der Waals surface area contributed by atoms with Crippen molar-refractivity contribution in [1.82, 2.24) is 5.32 Å². The monoisotopic (exact) mass is 434 g/mol. The molecule has 7 heteroatoms. The van der Waals surface area contributed by atoms with Gasteiger partial charge in [0.25, 0.3) is 5.91 Å². The highest BCUT2D eigenvalue weighted by molar-refractivity contribution is 5.95. The summed E-state index contributed by atoms with van der Waals surface area (Å²) in [5.41, 5.74) is 7.33. The molecule has 32 heavy (non-hydrogen) atoms. The number of fused-ring (bicyclic) bond motifs is 1. The highest BCUT2D eigenvalue weighted by Crippen LogP contribution is 2.30. The predicted molar refractivity (Wildman–Crippen MR) is 120 cm³/mol. The van der Waals surface area contributed by atoms with Gasteiger partial charge in [0.05, 0.1) is 11.7 Å². The van der Waals surface area contributed by atoms with Gasteiger partial charge >= 0.3 is 0 Å². The lowest BCUT2D eigenvalue weighted by molar-refractivity contribution is 0.0858. The molecule has 0 bridgehead atoms. The van der Waals surface area contributed by atoms with E-state index in [1.807, 2.05) is 54.6 Å². The molecule has 4 rings (SSSR count). The zero-order chi connectivity index (χ0) is 22.3. The maximum absolute atomic E-state index is 11.9. The van der Waals surface area contributed by atoms with Gasteiger partial charge in [-0.25, -0.2) is 0 Å². The number of ether oxygens (including phenoxy) is 3. The predicted octanol–water partition coefficient (Wildman–Crippen LogP) is 2.83. The molecule has 2 atom stereocenters. The zero-order valence-corrected chi connectivity index (χ0v) is 17.6. The molecule has 0 saturated carbocycles. The van der Waals surface area contributed by atoms with Crippen LogP contribution in [0, 0.1) is 0 Å². The molecule has 0 unspecified atom stereocenters. The molecule has 0 saturated heterocycles. The SMILES string of the molecule is NC(=O)c1cc([C@@H](O)CNC[C@@H]2COc3ccccc3O2)ccc1OCc1ccccc1. The van der Waals surface area contributed by atoms with Crippen LogP contribution in [-0.2, 0) is 6.61 Å². The van der Waals surface area contributed by atoms with E-state index in [4.69, 9.17) is 19.9 Å². The van der Waals surface area contributed by atoms with Gasteiger partial charge in [0.2, 0.25) is 0 Å². The largest absolute Gasteiger partial charge is 0.488 e. The fraction of sp³-hybridized carbons (Fsp3) is 0.240.